The highest BCUT2D eigenvalue weighted by atomic mass is 19.1. The van der Waals surface area contributed by atoms with Crippen molar-refractivity contribution in [3.8, 4) is 0 Å². The van der Waals surface area contributed by atoms with Crippen LogP contribution in [0.4, 0.5) is 14.5 Å². The van der Waals surface area contributed by atoms with E-state index in [4.69, 9.17) is 0 Å². The topological polar surface area (TPSA) is 23.6 Å². The largest absolute Gasteiger partial charge is 0.310 e. The van der Waals surface area contributed by atoms with Crippen LogP contribution in [0, 0.1) is 11.6 Å². The highest BCUT2D eigenvalue weighted by molar-refractivity contribution is 5.97. The number of benzene rings is 2. The summed E-state index contributed by atoms with van der Waals surface area (Å²) in [7, 11) is 0. The van der Waals surface area contributed by atoms with E-state index in [0.717, 1.165) is 0 Å². The fourth-order valence-corrected chi connectivity index (χ4v) is 2.88. The molecule has 0 bridgehead atoms. The molecule has 3 rings (SSSR count). The Kier molecular flexibility index (Phi) is 4.39. The van der Waals surface area contributed by atoms with Crippen LogP contribution in [0.15, 0.2) is 48.5 Å². The Morgan fingerprint density at radius 3 is 2.61 bits per heavy atom. The van der Waals surface area contributed by atoms with Crippen molar-refractivity contribution in [3.63, 3.8) is 0 Å². The molecule has 1 saturated heterocycles. The fraction of sp³-hybridized carbons (Fsp3) is 0.278. The zero-order chi connectivity index (χ0) is 16.4. The van der Waals surface area contributed by atoms with Crippen molar-refractivity contribution in [2.45, 2.75) is 19.5 Å². The lowest BCUT2D eigenvalue weighted by Crippen LogP contribution is -2.55. The second-order valence-corrected chi connectivity index (χ2v) is 5.71. The molecule has 0 N–H and O–H groups in total. The lowest BCUT2D eigenvalue weighted by molar-refractivity contribution is -0.125. The SMILES string of the molecule is CC1C(=O)N(c2cccc(F)c2)CCN1Cc1ccccc1F. The number of hydrogen-bond donors (Lipinski definition) is 0. The lowest BCUT2D eigenvalue weighted by atomic mass is 10.1. The number of halogens is 2. The molecular weight excluding hydrogens is 298 g/mol. The molecule has 5 heteroatoms. The van der Waals surface area contributed by atoms with E-state index in [2.05, 4.69) is 0 Å². The molecule has 0 aliphatic carbocycles. The predicted octanol–water partition coefficient (Wildman–Crippen LogP) is 3.20. The van der Waals surface area contributed by atoms with Gasteiger partial charge in [-0.05, 0) is 31.2 Å². The van der Waals surface area contributed by atoms with Crippen LogP contribution < -0.4 is 4.90 Å². The Bertz CT molecular complexity index is 720. The number of rotatable bonds is 3. The molecule has 1 fully saturated rings. The van der Waals surface area contributed by atoms with Crippen LogP contribution in [0.3, 0.4) is 0 Å². The van der Waals surface area contributed by atoms with Crippen molar-refractivity contribution in [1.29, 1.82) is 0 Å². The van der Waals surface area contributed by atoms with Gasteiger partial charge in [0.15, 0.2) is 0 Å². The van der Waals surface area contributed by atoms with E-state index in [1.165, 1.54) is 18.2 Å². The Morgan fingerprint density at radius 2 is 1.87 bits per heavy atom. The minimum Gasteiger partial charge on any atom is -0.310 e. The van der Waals surface area contributed by atoms with Crippen molar-refractivity contribution >= 4 is 11.6 Å². The van der Waals surface area contributed by atoms with E-state index >= 15 is 0 Å². The normalized spacial score (nSPS) is 19.2. The first kappa shape index (κ1) is 15.6. The number of carbonyl (C=O) groups is 1. The Balaban J connectivity index is 1.75. The van der Waals surface area contributed by atoms with Gasteiger partial charge in [-0.2, -0.15) is 0 Å². The third-order valence-electron chi connectivity index (χ3n) is 4.23. The maximum Gasteiger partial charge on any atom is 0.244 e. The summed E-state index contributed by atoms with van der Waals surface area (Å²) in [5, 5.41) is 0. The van der Waals surface area contributed by atoms with Gasteiger partial charge in [0.1, 0.15) is 11.6 Å². The van der Waals surface area contributed by atoms with Gasteiger partial charge < -0.3 is 4.90 Å². The molecule has 1 heterocycles. The van der Waals surface area contributed by atoms with Crippen LogP contribution in [0.5, 0.6) is 0 Å². The maximum atomic E-state index is 13.8. The molecule has 0 spiro atoms. The molecule has 120 valence electrons. The molecule has 1 atom stereocenters. The van der Waals surface area contributed by atoms with Crippen LogP contribution in [-0.4, -0.2) is 29.9 Å². The second kappa shape index (κ2) is 6.46. The van der Waals surface area contributed by atoms with Gasteiger partial charge >= 0.3 is 0 Å². The summed E-state index contributed by atoms with van der Waals surface area (Å²) in [6, 6.07) is 12.2. The smallest absolute Gasteiger partial charge is 0.244 e. The van der Waals surface area contributed by atoms with Crippen molar-refractivity contribution in [2.24, 2.45) is 0 Å². The summed E-state index contributed by atoms with van der Waals surface area (Å²) < 4.78 is 27.2. The van der Waals surface area contributed by atoms with Gasteiger partial charge in [-0.1, -0.05) is 24.3 Å². The summed E-state index contributed by atoms with van der Waals surface area (Å²) in [6.45, 7) is 3.25. The van der Waals surface area contributed by atoms with Gasteiger partial charge in [-0.25, -0.2) is 8.78 Å². The predicted molar refractivity (Wildman–Crippen MR) is 85.0 cm³/mol. The van der Waals surface area contributed by atoms with Gasteiger partial charge in [0, 0.05) is 30.9 Å². The Labute approximate surface area is 134 Å². The third kappa shape index (κ3) is 3.24. The van der Waals surface area contributed by atoms with Crippen LogP contribution in [-0.2, 0) is 11.3 Å². The van der Waals surface area contributed by atoms with Crippen molar-refractivity contribution < 1.29 is 13.6 Å². The van der Waals surface area contributed by atoms with E-state index in [-0.39, 0.29) is 23.6 Å². The van der Waals surface area contributed by atoms with Crippen LogP contribution in [0.25, 0.3) is 0 Å². The molecule has 23 heavy (non-hydrogen) atoms. The molecule has 0 aromatic heterocycles. The quantitative estimate of drug-likeness (QED) is 0.868. The molecule has 1 amide bonds. The molecule has 0 radical (unpaired) electrons. The molecule has 0 saturated carbocycles. The highest BCUT2D eigenvalue weighted by Gasteiger charge is 2.32. The number of amides is 1. The number of carbonyl (C=O) groups excluding carboxylic acids is 1. The second-order valence-electron chi connectivity index (χ2n) is 5.71. The average Bonchev–Trinajstić information content (AvgIpc) is 2.54. The number of anilines is 1. The van der Waals surface area contributed by atoms with E-state index in [1.807, 2.05) is 4.90 Å². The molecule has 3 nitrogen and oxygen atoms in total. The minimum absolute atomic E-state index is 0.0989. The average molecular weight is 316 g/mol. The third-order valence-corrected chi connectivity index (χ3v) is 4.23. The van der Waals surface area contributed by atoms with Gasteiger partial charge in [0.2, 0.25) is 5.91 Å². The summed E-state index contributed by atoms with van der Waals surface area (Å²) in [6.07, 6.45) is 0. The van der Waals surface area contributed by atoms with Gasteiger partial charge in [-0.15, -0.1) is 0 Å². The van der Waals surface area contributed by atoms with Crippen LogP contribution >= 0.6 is 0 Å². The molecule has 1 aliphatic heterocycles. The van der Waals surface area contributed by atoms with E-state index < -0.39 is 0 Å². The van der Waals surface area contributed by atoms with Crippen molar-refractivity contribution in [2.75, 3.05) is 18.0 Å². The summed E-state index contributed by atoms with van der Waals surface area (Å²) >= 11 is 0. The van der Waals surface area contributed by atoms with Gasteiger partial charge in [0.05, 0.1) is 6.04 Å². The zero-order valence-electron chi connectivity index (χ0n) is 12.9. The molecule has 1 unspecified atom stereocenters. The first-order chi connectivity index (χ1) is 11.1. The van der Waals surface area contributed by atoms with Gasteiger partial charge in [0.25, 0.3) is 0 Å². The molecule has 1 aliphatic rings. The van der Waals surface area contributed by atoms with Crippen LogP contribution in [0.2, 0.25) is 0 Å². The monoisotopic (exact) mass is 316 g/mol. The number of piperazine rings is 1. The van der Waals surface area contributed by atoms with Gasteiger partial charge in [-0.3, -0.25) is 9.69 Å². The van der Waals surface area contributed by atoms with E-state index in [9.17, 15) is 13.6 Å². The Morgan fingerprint density at radius 1 is 1.09 bits per heavy atom. The summed E-state index contributed by atoms with van der Waals surface area (Å²) in [4.78, 5) is 16.1. The first-order valence-corrected chi connectivity index (χ1v) is 7.60. The highest BCUT2D eigenvalue weighted by Crippen LogP contribution is 2.22. The maximum absolute atomic E-state index is 13.8. The number of nitrogens with zero attached hydrogens (tertiary/aromatic N) is 2. The molecular formula is C18H18F2N2O. The van der Waals surface area contributed by atoms with Crippen molar-refractivity contribution in [1.82, 2.24) is 4.90 Å². The fourth-order valence-electron chi connectivity index (χ4n) is 2.88. The summed E-state index contributed by atoms with van der Waals surface area (Å²) in [5.74, 6) is -0.727. The standard InChI is InChI=1S/C18H18F2N2O/c1-13-18(23)22(16-7-4-6-15(19)11-16)10-9-21(13)12-14-5-2-3-8-17(14)20/h2-8,11,13H,9-10,12H2,1H3. The Hall–Kier alpha value is -2.27. The summed E-state index contributed by atoms with van der Waals surface area (Å²) in [5.41, 5.74) is 1.14. The lowest BCUT2D eigenvalue weighted by Gasteiger charge is -2.39. The van der Waals surface area contributed by atoms with E-state index in [1.54, 1.807) is 42.2 Å². The minimum atomic E-state index is -0.383. The van der Waals surface area contributed by atoms with Crippen LogP contribution in [0.1, 0.15) is 12.5 Å². The number of hydrogen-bond acceptors (Lipinski definition) is 2. The first-order valence-electron chi connectivity index (χ1n) is 7.60. The zero-order valence-corrected chi connectivity index (χ0v) is 12.9. The molecule has 2 aromatic carbocycles. The van der Waals surface area contributed by atoms with E-state index in [0.29, 0.717) is 30.9 Å². The van der Waals surface area contributed by atoms with Crippen molar-refractivity contribution in [3.05, 3.63) is 65.7 Å². The molecule has 2 aromatic rings.